The maximum Gasteiger partial charge on any atom is 0.407 e. The molecule has 2 aliphatic rings. The van der Waals surface area contributed by atoms with E-state index in [0.717, 1.165) is 11.0 Å². The Morgan fingerprint density at radius 3 is 2.35 bits per heavy atom. The number of ether oxygens (including phenoxy) is 1. The highest BCUT2D eigenvalue weighted by molar-refractivity contribution is 6.09. The number of benzene rings is 3. The van der Waals surface area contributed by atoms with Gasteiger partial charge in [-0.25, -0.2) is 9.37 Å². The molecule has 1 aliphatic heterocycles. The molecule has 2 aromatic rings. The van der Waals surface area contributed by atoms with E-state index in [0.29, 0.717) is 59.2 Å². The van der Waals surface area contributed by atoms with Crippen LogP contribution in [-0.2, 0) is 9.53 Å². The summed E-state index contributed by atoms with van der Waals surface area (Å²) in [7, 11) is 7.65. The second kappa shape index (κ2) is 18.1. The molecule has 0 radical (unpaired) electrons. The third kappa shape index (κ3) is 10.7. The SMILES string of the molecule is CN(C)c1ccc2c(-c3ccc(C(=O)N[C@@H](CCCCNC(=O)OC(C)(C)C)C(=O)NCCCN=[N+]=[N-])cc3C(=O)[O-])c3ccc(=[N+](C)C)cc-3oc2c1. The largest absolute Gasteiger partial charge is 0.545 e. The smallest absolute Gasteiger partial charge is 0.407 e. The van der Waals surface area contributed by atoms with Crippen LogP contribution < -0.4 is 35.9 Å². The summed E-state index contributed by atoms with van der Waals surface area (Å²) in [5.74, 6) is -2.06. The molecule has 2 aromatic carbocycles. The van der Waals surface area contributed by atoms with Gasteiger partial charge in [-0.3, -0.25) is 9.59 Å². The number of nitrogens with zero attached hydrogens (tertiary/aromatic N) is 5. The van der Waals surface area contributed by atoms with E-state index in [9.17, 15) is 24.3 Å². The molecule has 0 saturated heterocycles. The number of amides is 3. The van der Waals surface area contributed by atoms with Gasteiger partial charge in [0.05, 0.1) is 12.0 Å². The highest BCUT2D eigenvalue weighted by Gasteiger charge is 2.25. The number of carboxylic acid groups (broad SMARTS) is 1. The van der Waals surface area contributed by atoms with Crippen LogP contribution in [0.2, 0.25) is 0 Å². The molecular weight excluding hydrogens is 692 g/mol. The van der Waals surface area contributed by atoms with Crippen LogP contribution in [0, 0.1) is 0 Å². The van der Waals surface area contributed by atoms with E-state index in [1.165, 1.54) is 12.1 Å². The second-order valence-electron chi connectivity index (χ2n) is 14.2. The Hall–Kier alpha value is -6.08. The van der Waals surface area contributed by atoms with E-state index in [-0.39, 0.29) is 30.6 Å². The quantitative estimate of drug-likeness (QED) is 0.0400. The number of rotatable bonds is 15. The average molecular weight is 741 g/mol. The number of aromatic carboxylic acids is 1. The Morgan fingerprint density at radius 2 is 1.69 bits per heavy atom. The molecule has 3 N–H and O–H groups in total. The molecule has 1 atom stereocenters. The third-order valence-corrected chi connectivity index (χ3v) is 8.50. The fourth-order valence-corrected chi connectivity index (χ4v) is 5.80. The van der Waals surface area contributed by atoms with Crippen molar-refractivity contribution in [3.63, 3.8) is 0 Å². The number of carbonyl (C=O) groups is 4. The van der Waals surface area contributed by atoms with Crippen LogP contribution in [0.1, 0.15) is 67.2 Å². The first kappa shape index (κ1) is 40.7. The van der Waals surface area contributed by atoms with Gasteiger partial charge in [-0.15, -0.1) is 0 Å². The van der Waals surface area contributed by atoms with Crippen molar-refractivity contribution in [1.29, 1.82) is 0 Å². The van der Waals surface area contributed by atoms with Gasteiger partial charge in [-0.2, -0.15) is 0 Å². The molecule has 0 unspecified atom stereocenters. The summed E-state index contributed by atoms with van der Waals surface area (Å²) >= 11 is 0. The first-order chi connectivity index (χ1) is 25.6. The minimum atomic E-state index is -1.48. The summed E-state index contributed by atoms with van der Waals surface area (Å²) in [6.07, 6.45) is 1.03. The highest BCUT2D eigenvalue weighted by Crippen LogP contribution is 2.42. The molecule has 1 aliphatic carbocycles. The Bertz CT molecular complexity index is 2110. The molecule has 4 rings (SSSR count). The average Bonchev–Trinajstić information content (AvgIpc) is 3.11. The number of alkyl carbamates (subject to hydrolysis) is 1. The van der Waals surface area contributed by atoms with Gasteiger partial charge in [-0.05, 0) is 87.9 Å². The van der Waals surface area contributed by atoms with E-state index in [1.807, 2.05) is 74.1 Å². The monoisotopic (exact) mass is 740 g/mol. The molecule has 15 nitrogen and oxygen atoms in total. The lowest BCUT2D eigenvalue weighted by atomic mass is 9.89. The van der Waals surface area contributed by atoms with Gasteiger partial charge >= 0.3 is 6.09 Å². The van der Waals surface area contributed by atoms with Crippen LogP contribution in [0.15, 0.2) is 64.1 Å². The van der Waals surface area contributed by atoms with Crippen LogP contribution in [0.25, 0.3) is 43.9 Å². The maximum atomic E-state index is 13.7. The van der Waals surface area contributed by atoms with E-state index in [2.05, 4.69) is 26.0 Å². The number of nitrogens with one attached hydrogen (secondary N) is 3. The number of hydrogen-bond acceptors (Lipinski definition) is 9. The molecule has 0 aromatic heterocycles. The topological polar surface area (TPSA) is 205 Å². The Morgan fingerprint density at radius 1 is 0.963 bits per heavy atom. The van der Waals surface area contributed by atoms with Crippen LogP contribution in [-0.4, -0.2) is 83.3 Å². The van der Waals surface area contributed by atoms with Gasteiger partial charge in [0.2, 0.25) is 11.3 Å². The van der Waals surface area contributed by atoms with Crippen molar-refractivity contribution in [2.45, 2.75) is 58.1 Å². The van der Waals surface area contributed by atoms with Crippen LogP contribution in [0.4, 0.5) is 10.5 Å². The van der Waals surface area contributed by atoms with Crippen molar-refractivity contribution in [2.24, 2.45) is 5.11 Å². The van der Waals surface area contributed by atoms with Crippen molar-refractivity contribution in [2.75, 3.05) is 52.7 Å². The van der Waals surface area contributed by atoms with Crippen LogP contribution >= 0.6 is 0 Å². The highest BCUT2D eigenvalue weighted by atomic mass is 16.6. The summed E-state index contributed by atoms with van der Waals surface area (Å²) < 4.78 is 13.6. The van der Waals surface area contributed by atoms with Gasteiger partial charge in [0.25, 0.3) is 5.91 Å². The molecule has 0 bridgehead atoms. The zero-order valence-electron chi connectivity index (χ0n) is 31.8. The number of hydrogen-bond donors (Lipinski definition) is 3. The van der Waals surface area contributed by atoms with Crippen molar-refractivity contribution in [3.05, 3.63) is 81.5 Å². The lowest BCUT2D eigenvalue weighted by molar-refractivity contribution is -0.254. The molecule has 3 amide bonds. The summed E-state index contributed by atoms with van der Waals surface area (Å²) in [6.45, 7) is 5.98. The van der Waals surface area contributed by atoms with Crippen LogP contribution in [0.3, 0.4) is 0 Å². The fourth-order valence-electron chi connectivity index (χ4n) is 5.80. The summed E-state index contributed by atoms with van der Waals surface area (Å²) in [5, 5.41) is 26.0. The Kier molecular flexibility index (Phi) is 13.6. The molecule has 286 valence electrons. The third-order valence-electron chi connectivity index (χ3n) is 8.50. The zero-order valence-corrected chi connectivity index (χ0v) is 31.8. The Labute approximate surface area is 314 Å². The molecular formula is C39H48N8O7. The molecule has 15 heteroatoms. The number of carboxylic acids is 1. The van der Waals surface area contributed by atoms with Gasteiger partial charge in [0.1, 0.15) is 37.1 Å². The summed E-state index contributed by atoms with van der Waals surface area (Å²) in [5.41, 5.74) is 10.7. The number of anilines is 1. The lowest BCUT2D eigenvalue weighted by Gasteiger charge is -2.21. The predicted octanol–water partition coefficient (Wildman–Crippen LogP) is 4.28. The molecule has 0 spiro atoms. The first-order valence-electron chi connectivity index (χ1n) is 17.7. The van der Waals surface area contributed by atoms with Crippen molar-refractivity contribution in [1.82, 2.24) is 20.5 Å². The van der Waals surface area contributed by atoms with Crippen molar-refractivity contribution >= 4 is 40.5 Å². The van der Waals surface area contributed by atoms with Gasteiger partial charge in [0, 0.05) is 84.1 Å². The van der Waals surface area contributed by atoms with Crippen molar-refractivity contribution < 1.29 is 33.4 Å². The minimum absolute atomic E-state index is 0.0183. The number of fused-ring (bicyclic) bond motifs is 2. The second-order valence-corrected chi connectivity index (χ2v) is 14.2. The summed E-state index contributed by atoms with van der Waals surface area (Å²) in [6, 6.07) is 14.7. The van der Waals surface area contributed by atoms with Gasteiger partial charge in [0.15, 0.2) is 0 Å². The summed E-state index contributed by atoms with van der Waals surface area (Å²) in [4.78, 5) is 56.3. The van der Waals surface area contributed by atoms with E-state index in [4.69, 9.17) is 14.7 Å². The number of azide groups is 1. The van der Waals surface area contributed by atoms with Gasteiger partial charge < -0.3 is 39.9 Å². The normalized spacial score (nSPS) is 11.7. The van der Waals surface area contributed by atoms with Crippen LogP contribution in [0.5, 0.6) is 0 Å². The number of carbonyl (C=O) groups excluding carboxylic acids is 4. The van der Waals surface area contributed by atoms with Crippen molar-refractivity contribution in [3.8, 4) is 22.5 Å². The van der Waals surface area contributed by atoms with E-state index in [1.54, 1.807) is 26.8 Å². The fraction of sp³-hybridized carbons (Fsp3) is 0.410. The lowest BCUT2D eigenvalue weighted by Crippen LogP contribution is -2.47. The van der Waals surface area contributed by atoms with E-state index < -0.39 is 35.5 Å². The minimum Gasteiger partial charge on any atom is -0.545 e. The van der Waals surface area contributed by atoms with E-state index >= 15 is 0 Å². The molecule has 54 heavy (non-hydrogen) atoms. The predicted molar refractivity (Wildman–Crippen MR) is 205 cm³/mol. The van der Waals surface area contributed by atoms with Gasteiger partial charge in [-0.1, -0.05) is 11.2 Å². The Balaban J connectivity index is 1.66. The molecule has 1 heterocycles. The molecule has 0 fully saturated rings. The first-order valence-corrected chi connectivity index (χ1v) is 17.7. The number of unbranched alkanes of at least 4 members (excludes halogenated alkanes) is 1. The standard InChI is InChI=1S/C39H48N8O7/c1-39(2,3)54-38(52)42-18-9-8-11-31(36(49)41-19-10-20-43-45-40)44-35(48)24-12-15-27(30(21-24)37(50)51)34-28-16-13-25(46(4)5)22-32(28)53-33-23-26(47(6)7)14-17-29(33)34/h12-17,21-23,31H,8-11,18-20H2,1-7H3,(H3-,41,42,44,48,49,50,51,52)/t31-/m0/s1. The maximum absolute atomic E-state index is 13.7. The zero-order chi connectivity index (χ0) is 39.6. The molecule has 0 saturated carbocycles.